The number of carbonyl (C=O) groups excluding carboxylic acids is 2. The lowest BCUT2D eigenvalue weighted by Gasteiger charge is -2.36. The molecule has 0 bridgehead atoms. The number of amides is 2. The van der Waals surface area contributed by atoms with E-state index in [1.165, 1.54) is 0 Å². The highest BCUT2D eigenvalue weighted by Gasteiger charge is 2.32. The lowest BCUT2D eigenvalue weighted by Crippen LogP contribution is -2.54. The number of hydrogen-bond donors (Lipinski definition) is 0. The quantitative estimate of drug-likeness (QED) is 0.831. The molecule has 2 amide bonds. The molecule has 2 heterocycles. The van der Waals surface area contributed by atoms with Crippen molar-refractivity contribution in [2.45, 2.75) is 38.9 Å². The van der Waals surface area contributed by atoms with E-state index < -0.39 is 6.10 Å². The predicted octanol–water partition coefficient (Wildman–Crippen LogP) is 1.61. The van der Waals surface area contributed by atoms with Crippen LogP contribution >= 0.6 is 0 Å². The molecule has 2 atom stereocenters. The maximum absolute atomic E-state index is 12.6. The van der Waals surface area contributed by atoms with Crippen LogP contribution in [0.4, 0.5) is 0 Å². The van der Waals surface area contributed by atoms with Gasteiger partial charge >= 0.3 is 0 Å². The highest BCUT2D eigenvalue weighted by Crippen LogP contribution is 2.18. The molecule has 6 nitrogen and oxygen atoms in total. The Hall–Kier alpha value is -2.08. The zero-order valence-electron chi connectivity index (χ0n) is 14.9. The van der Waals surface area contributed by atoms with E-state index >= 15 is 0 Å². The third-order valence-electron chi connectivity index (χ3n) is 4.76. The molecular weight excluding hydrogens is 320 g/mol. The van der Waals surface area contributed by atoms with Gasteiger partial charge < -0.3 is 19.3 Å². The molecule has 2 fully saturated rings. The standard InChI is InChI=1S/C19H26N2O4/c1-14-5-3-6-16(13-14)25-15(2)18(22)20-8-10-21(11-9-20)19(23)17-7-4-12-24-17/h3,5-6,13,15,17H,4,7-12H2,1-2H3. The number of rotatable bonds is 4. The van der Waals surface area contributed by atoms with Crippen LogP contribution in [0, 0.1) is 6.92 Å². The fourth-order valence-corrected chi connectivity index (χ4v) is 3.32. The van der Waals surface area contributed by atoms with Crippen LogP contribution < -0.4 is 4.74 Å². The van der Waals surface area contributed by atoms with Gasteiger partial charge in [-0.25, -0.2) is 0 Å². The van der Waals surface area contributed by atoms with Crippen molar-refractivity contribution < 1.29 is 19.1 Å². The van der Waals surface area contributed by atoms with Gasteiger partial charge in [0.05, 0.1) is 0 Å². The SMILES string of the molecule is Cc1cccc(OC(C)C(=O)N2CCN(C(=O)C3CCCO3)CC2)c1. The van der Waals surface area contributed by atoms with Crippen LogP contribution in [0.3, 0.4) is 0 Å². The van der Waals surface area contributed by atoms with Gasteiger partial charge in [-0.1, -0.05) is 12.1 Å². The van der Waals surface area contributed by atoms with Crippen molar-refractivity contribution in [3.8, 4) is 5.75 Å². The van der Waals surface area contributed by atoms with Gasteiger partial charge in [-0.15, -0.1) is 0 Å². The molecule has 0 aliphatic carbocycles. The van der Waals surface area contributed by atoms with Gasteiger partial charge in [0.2, 0.25) is 0 Å². The molecule has 2 aliphatic heterocycles. The Labute approximate surface area is 148 Å². The lowest BCUT2D eigenvalue weighted by molar-refractivity contribution is -0.148. The Balaban J connectivity index is 1.49. The fourth-order valence-electron chi connectivity index (χ4n) is 3.32. The average Bonchev–Trinajstić information content (AvgIpc) is 3.15. The number of ether oxygens (including phenoxy) is 2. The molecule has 0 spiro atoms. The first-order valence-electron chi connectivity index (χ1n) is 8.97. The summed E-state index contributed by atoms with van der Waals surface area (Å²) in [5.41, 5.74) is 1.10. The van der Waals surface area contributed by atoms with E-state index in [1.54, 1.807) is 11.8 Å². The van der Waals surface area contributed by atoms with Gasteiger partial charge in [0.15, 0.2) is 6.10 Å². The first-order valence-corrected chi connectivity index (χ1v) is 8.97. The van der Waals surface area contributed by atoms with E-state index in [1.807, 2.05) is 36.1 Å². The minimum Gasteiger partial charge on any atom is -0.481 e. The molecule has 1 aromatic rings. The molecule has 1 aromatic carbocycles. The molecule has 136 valence electrons. The fraction of sp³-hybridized carbons (Fsp3) is 0.579. The molecule has 2 aliphatic rings. The van der Waals surface area contributed by atoms with E-state index in [2.05, 4.69) is 0 Å². The summed E-state index contributed by atoms with van der Waals surface area (Å²) in [6.45, 7) is 6.63. The third-order valence-corrected chi connectivity index (χ3v) is 4.76. The predicted molar refractivity (Wildman–Crippen MR) is 93.4 cm³/mol. The summed E-state index contributed by atoms with van der Waals surface area (Å²) in [5.74, 6) is 0.729. The first-order chi connectivity index (χ1) is 12.0. The molecule has 2 unspecified atom stereocenters. The van der Waals surface area contributed by atoms with E-state index in [0.29, 0.717) is 38.5 Å². The van der Waals surface area contributed by atoms with E-state index in [4.69, 9.17) is 9.47 Å². The normalized spacial score (nSPS) is 21.9. The van der Waals surface area contributed by atoms with Crippen LogP contribution in [-0.2, 0) is 14.3 Å². The molecule has 0 N–H and O–H groups in total. The van der Waals surface area contributed by atoms with Gasteiger partial charge in [0, 0.05) is 32.8 Å². The second-order valence-corrected chi connectivity index (χ2v) is 6.73. The van der Waals surface area contributed by atoms with Crippen LogP contribution in [0.25, 0.3) is 0 Å². The number of carbonyl (C=O) groups is 2. The summed E-state index contributed by atoms with van der Waals surface area (Å²) >= 11 is 0. The second-order valence-electron chi connectivity index (χ2n) is 6.73. The monoisotopic (exact) mass is 346 g/mol. The molecule has 0 saturated carbocycles. The van der Waals surface area contributed by atoms with Crippen LogP contribution in [0.2, 0.25) is 0 Å². The minimum atomic E-state index is -0.540. The third kappa shape index (κ3) is 4.31. The summed E-state index contributed by atoms with van der Waals surface area (Å²) in [6, 6.07) is 7.68. The maximum atomic E-state index is 12.6. The summed E-state index contributed by atoms with van der Waals surface area (Å²) in [4.78, 5) is 28.5. The van der Waals surface area contributed by atoms with Gasteiger partial charge in [-0.05, 0) is 44.4 Å². The van der Waals surface area contributed by atoms with E-state index in [0.717, 1.165) is 18.4 Å². The van der Waals surface area contributed by atoms with Gasteiger partial charge in [-0.3, -0.25) is 9.59 Å². The molecule has 0 radical (unpaired) electrons. The number of benzene rings is 1. The zero-order valence-corrected chi connectivity index (χ0v) is 14.9. The molecule has 6 heteroatoms. The molecule has 0 aromatic heterocycles. The van der Waals surface area contributed by atoms with Gasteiger partial charge in [0.1, 0.15) is 11.9 Å². The number of nitrogens with zero attached hydrogens (tertiary/aromatic N) is 2. The molecule has 3 rings (SSSR count). The smallest absolute Gasteiger partial charge is 0.263 e. The highest BCUT2D eigenvalue weighted by atomic mass is 16.5. The van der Waals surface area contributed by atoms with Crippen molar-refractivity contribution in [1.82, 2.24) is 9.80 Å². The van der Waals surface area contributed by atoms with Gasteiger partial charge in [0.25, 0.3) is 11.8 Å². The van der Waals surface area contributed by atoms with E-state index in [9.17, 15) is 9.59 Å². The van der Waals surface area contributed by atoms with Crippen LogP contribution in [0.5, 0.6) is 5.75 Å². The average molecular weight is 346 g/mol. The Morgan fingerprint density at radius 3 is 2.56 bits per heavy atom. The van der Waals surface area contributed by atoms with Crippen molar-refractivity contribution in [1.29, 1.82) is 0 Å². The van der Waals surface area contributed by atoms with Crippen molar-refractivity contribution in [2.75, 3.05) is 32.8 Å². The van der Waals surface area contributed by atoms with Crippen LogP contribution in [-0.4, -0.2) is 66.6 Å². The second kappa shape index (κ2) is 7.87. The highest BCUT2D eigenvalue weighted by molar-refractivity contribution is 5.83. The maximum Gasteiger partial charge on any atom is 0.263 e. The topological polar surface area (TPSA) is 59.1 Å². The summed E-state index contributed by atoms with van der Waals surface area (Å²) in [5, 5.41) is 0. The van der Waals surface area contributed by atoms with Crippen molar-refractivity contribution >= 4 is 11.8 Å². The Kier molecular flexibility index (Phi) is 5.58. The Morgan fingerprint density at radius 2 is 1.92 bits per heavy atom. The Bertz CT molecular complexity index is 620. The van der Waals surface area contributed by atoms with Crippen molar-refractivity contribution in [2.24, 2.45) is 0 Å². The summed E-state index contributed by atoms with van der Waals surface area (Å²) in [7, 11) is 0. The first kappa shape index (κ1) is 17.7. The minimum absolute atomic E-state index is 0.0364. The summed E-state index contributed by atoms with van der Waals surface area (Å²) < 4.78 is 11.2. The van der Waals surface area contributed by atoms with Crippen molar-refractivity contribution in [3.05, 3.63) is 29.8 Å². The lowest BCUT2D eigenvalue weighted by atomic mass is 10.2. The van der Waals surface area contributed by atoms with Crippen LogP contribution in [0.15, 0.2) is 24.3 Å². The molecule has 2 saturated heterocycles. The summed E-state index contributed by atoms with van der Waals surface area (Å²) in [6.07, 6.45) is 0.926. The number of hydrogen-bond acceptors (Lipinski definition) is 4. The van der Waals surface area contributed by atoms with Crippen molar-refractivity contribution in [3.63, 3.8) is 0 Å². The zero-order chi connectivity index (χ0) is 17.8. The number of piperazine rings is 1. The van der Waals surface area contributed by atoms with Crippen LogP contribution in [0.1, 0.15) is 25.3 Å². The van der Waals surface area contributed by atoms with E-state index in [-0.39, 0.29) is 17.9 Å². The molecule has 25 heavy (non-hydrogen) atoms. The Morgan fingerprint density at radius 1 is 1.20 bits per heavy atom. The van der Waals surface area contributed by atoms with Gasteiger partial charge in [-0.2, -0.15) is 0 Å². The largest absolute Gasteiger partial charge is 0.481 e. The number of aryl methyl sites for hydroxylation is 1. The molecular formula is C19H26N2O4.